The zero-order chi connectivity index (χ0) is 22.8. The van der Waals surface area contributed by atoms with Crippen LogP contribution in [0.25, 0.3) is 5.76 Å². The van der Waals surface area contributed by atoms with Crippen molar-refractivity contribution in [1.82, 2.24) is 9.80 Å². The lowest BCUT2D eigenvalue weighted by Crippen LogP contribution is -2.42. The standard InChI is InChI=1S/C25H28N2O5/c1-16-3-6-18(7-4-16)22-21(23(29)19-15-17(2)5-8-20(19)28)24(30)25(31)27(22)10-9-26-11-13-32-14-12-26/h3-8,15,22,28-29H,9-14H2,1-2H3. The number of ketones is 1. The predicted molar refractivity (Wildman–Crippen MR) is 120 cm³/mol. The van der Waals surface area contributed by atoms with Crippen LogP contribution >= 0.6 is 0 Å². The molecule has 0 saturated carbocycles. The molecule has 0 aromatic heterocycles. The summed E-state index contributed by atoms with van der Waals surface area (Å²) in [6, 6.07) is 11.6. The number of rotatable bonds is 5. The van der Waals surface area contributed by atoms with Crippen molar-refractivity contribution in [2.45, 2.75) is 19.9 Å². The molecular weight excluding hydrogens is 408 g/mol. The third-order valence-electron chi connectivity index (χ3n) is 6.10. The average molecular weight is 437 g/mol. The molecule has 2 aromatic carbocycles. The van der Waals surface area contributed by atoms with Crippen LogP contribution < -0.4 is 0 Å². The first kappa shape index (κ1) is 22.0. The molecular formula is C25H28N2O5. The number of aryl methyl sites for hydroxylation is 2. The van der Waals surface area contributed by atoms with E-state index in [1.165, 1.54) is 11.0 Å². The van der Waals surface area contributed by atoms with Crippen LogP contribution in [0.1, 0.15) is 28.3 Å². The number of Topliss-reactive ketones (excluding diaryl/α,β-unsaturated/α-hetero) is 1. The van der Waals surface area contributed by atoms with E-state index >= 15 is 0 Å². The molecule has 0 aliphatic carbocycles. The van der Waals surface area contributed by atoms with Gasteiger partial charge < -0.3 is 19.8 Å². The van der Waals surface area contributed by atoms with Crippen molar-refractivity contribution in [3.63, 3.8) is 0 Å². The fraction of sp³-hybridized carbons (Fsp3) is 0.360. The van der Waals surface area contributed by atoms with Gasteiger partial charge in [-0.05, 0) is 31.5 Å². The highest BCUT2D eigenvalue weighted by Crippen LogP contribution is 2.40. The molecule has 7 heteroatoms. The fourth-order valence-electron chi connectivity index (χ4n) is 4.26. The molecule has 2 heterocycles. The van der Waals surface area contributed by atoms with Gasteiger partial charge in [-0.25, -0.2) is 0 Å². The lowest BCUT2D eigenvalue weighted by atomic mass is 9.94. The molecule has 1 amide bonds. The number of aliphatic hydroxyl groups excluding tert-OH is 1. The van der Waals surface area contributed by atoms with Crippen LogP contribution in [0, 0.1) is 13.8 Å². The fourth-order valence-corrected chi connectivity index (χ4v) is 4.26. The maximum atomic E-state index is 13.1. The lowest BCUT2D eigenvalue weighted by Gasteiger charge is -2.31. The van der Waals surface area contributed by atoms with Crippen molar-refractivity contribution in [2.75, 3.05) is 39.4 Å². The number of phenolic OH excluding ortho intramolecular Hbond substituents is 1. The van der Waals surface area contributed by atoms with Crippen molar-refractivity contribution in [2.24, 2.45) is 0 Å². The average Bonchev–Trinajstić information content (AvgIpc) is 3.05. The number of amides is 1. The summed E-state index contributed by atoms with van der Waals surface area (Å²) in [5.41, 5.74) is 2.76. The van der Waals surface area contributed by atoms with Crippen molar-refractivity contribution in [1.29, 1.82) is 0 Å². The van der Waals surface area contributed by atoms with Gasteiger partial charge >= 0.3 is 0 Å². The quantitative estimate of drug-likeness (QED) is 0.426. The summed E-state index contributed by atoms with van der Waals surface area (Å²) in [5.74, 6) is -1.88. The van der Waals surface area contributed by atoms with Gasteiger partial charge in [0, 0.05) is 26.2 Å². The number of aromatic hydroxyl groups is 1. The van der Waals surface area contributed by atoms with Gasteiger partial charge in [0.05, 0.1) is 30.4 Å². The first-order valence-corrected chi connectivity index (χ1v) is 10.8. The molecule has 1 unspecified atom stereocenters. The highest BCUT2D eigenvalue weighted by Gasteiger charge is 2.46. The van der Waals surface area contributed by atoms with E-state index in [0.717, 1.165) is 29.8 Å². The highest BCUT2D eigenvalue weighted by molar-refractivity contribution is 6.46. The number of carbonyl (C=O) groups excluding carboxylic acids is 2. The molecule has 1 atom stereocenters. The smallest absolute Gasteiger partial charge is 0.295 e. The van der Waals surface area contributed by atoms with E-state index in [-0.39, 0.29) is 22.6 Å². The van der Waals surface area contributed by atoms with Gasteiger partial charge in [0.2, 0.25) is 0 Å². The van der Waals surface area contributed by atoms with Crippen LogP contribution in [0.15, 0.2) is 48.0 Å². The first-order valence-electron chi connectivity index (χ1n) is 10.8. The number of likely N-dealkylation sites (tertiary alicyclic amines) is 1. The van der Waals surface area contributed by atoms with Crippen LogP contribution in [0.3, 0.4) is 0 Å². The van der Waals surface area contributed by atoms with Gasteiger partial charge in [-0.3, -0.25) is 14.5 Å². The van der Waals surface area contributed by atoms with E-state index in [1.54, 1.807) is 12.1 Å². The minimum Gasteiger partial charge on any atom is -0.507 e. The second kappa shape index (κ2) is 9.14. The minimum atomic E-state index is -0.740. The van der Waals surface area contributed by atoms with E-state index in [1.807, 2.05) is 38.1 Å². The largest absolute Gasteiger partial charge is 0.507 e. The molecule has 32 heavy (non-hydrogen) atoms. The second-order valence-corrected chi connectivity index (χ2v) is 8.38. The van der Waals surface area contributed by atoms with Crippen LogP contribution in [-0.4, -0.2) is 71.1 Å². The molecule has 2 saturated heterocycles. The minimum absolute atomic E-state index is 0.00160. The van der Waals surface area contributed by atoms with Crippen molar-refractivity contribution < 1.29 is 24.5 Å². The number of phenols is 1. The van der Waals surface area contributed by atoms with Crippen LogP contribution in [0.5, 0.6) is 5.75 Å². The van der Waals surface area contributed by atoms with Gasteiger partial charge in [0.15, 0.2) is 0 Å². The Bertz CT molecular complexity index is 1050. The van der Waals surface area contributed by atoms with E-state index in [9.17, 15) is 19.8 Å². The number of hydrogen-bond acceptors (Lipinski definition) is 6. The molecule has 2 aliphatic rings. The van der Waals surface area contributed by atoms with Crippen molar-refractivity contribution >= 4 is 17.4 Å². The molecule has 0 radical (unpaired) electrons. The second-order valence-electron chi connectivity index (χ2n) is 8.38. The molecule has 0 bridgehead atoms. The first-order chi connectivity index (χ1) is 15.4. The maximum absolute atomic E-state index is 13.1. The number of morpholine rings is 1. The van der Waals surface area contributed by atoms with Gasteiger partial charge in [-0.2, -0.15) is 0 Å². The zero-order valence-electron chi connectivity index (χ0n) is 18.4. The monoisotopic (exact) mass is 436 g/mol. The third-order valence-corrected chi connectivity index (χ3v) is 6.10. The molecule has 2 aromatic rings. The lowest BCUT2D eigenvalue weighted by molar-refractivity contribution is -0.140. The number of hydrogen-bond donors (Lipinski definition) is 2. The Morgan fingerprint density at radius 2 is 1.66 bits per heavy atom. The summed E-state index contributed by atoms with van der Waals surface area (Å²) in [6.07, 6.45) is 0. The molecule has 2 aliphatic heterocycles. The molecule has 168 valence electrons. The van der Waals surface area contributed by atoms with Gasteiger partial charge in [-0.1, -0.05) is 41.5 Å². The zero-order valence-corrected chi connectivity index (χ0v) is 18.4. The van der Waals surface area contributed by atoms with Gasteiger partial charge in [0.25, 0.3) is 11.7 Å². The molecule has 2 fully saturated rings. The number of ether oxygens (including phenoxy) is 1. The Kier molecular flexibility index (Phi) is 6.30. The normalized spacial score (nSPS) is 21.3. The highest BCUT2D eigenvalue weighted by atomic mass is 16.5. The summed E-state index contributed by atoms with van der Waals surface area (Å²) in [6.45, 7) is 7.58. The Hall–Kier alpha value is -3.16. The van der Waals surface area contributed by atoms with E-state index < -0.39 is 17.7 Å². The SMILES string of the molecule is Cc1ccc(C2C(=C(O)c3cc(C)ccc3O)C(=O)C(=O)N2CCN2CCOCC2)cc1. The van der Waals surface area contributed by atoms with E-state index in [0.29, 0.717) is 26.3 Å². The van der Waals surface area contributed by atoms with E-state index in [4.69, 9.17) is 4.74 Å². The Balaban J connectivity index is 1.76. The number of nitrogens with zero attached hydrogens (tertiary/aromatic N) is 2. The van der Waals surface area contributed by atoms with Crippen molar-refractivity contribution in [3.05, 3.63) is 70.3 Å². The Morgan fingerprint density at radius 3 is 2.34 bits per heavy atom. The van der Waals surface area contributed by atoms with Gasteiger partial charge in [-0.15, -0.1) is 0 Å². The number of carbonyl (C=O) groups is 2. The summed E-state index contributed by atoms with van der Waals surface area (Å²) in [5, 5.41) is 21.5. The van der Waals surface area contributed by atoms with Crippen LogP contribution in [0.4, 0.5) is 0 Å². The topological polar surface area (TPSA) is 90.3 Å². The maximum Gasteiger partial charge on any atom is 0.295 e. The summed E-state index contributed by atoms with van der Waals surface area (Å²) >= 11 is 0. The summed E-state index contributed by atoms with van der Waals surface area (Å²) < 4.78 is 5.39. The molecule has 2 N–H and O–H groups in total. The Morgan fingerprint density at radius 1 is 1.00 bits per heavy atom. The Labute approximate surface area is 187 Å². The van der Waals surface area contributed by atoms with Crippen LogP contribution in [0.2, 0.25) is 0 Å². The molecule has 7 nitrogen and oxygen atoms in total. The number of benzene rings is 2. The third kappa shape index (κ3) is 4.26. The predicted octanol–water partition coefficient (Wildman–Crippen LogP) is 2.76. The summed E-state index contributed by atoms with van der Waals surface area (Å²) in [4.78, 5) is 29.9. The van der Waals surface area contributed by atoms with E-state index in [2.05, 4.69) is 4.90 Å². The number of aliphatic hydroxyl groups is 1. The van der Waals surface area contributed by atoms with Crippen LogP contribution in [-0.2, 0) is 14.3 Å². The van der Waals surface area contributed by atoms with Crippen molar-refractivity contribution in [3.8, 4) is 5.75 Å². The van der Waals surface area contributed by atoms with Gasteiger partial charge in [0.1, 0.15) is 11.5 Å². The molecule has 4 rings (SSSR count). The summed E-state index contributed by atoms with van der Waals surface area (Å²) in [7, 11) is 0. The molecule has 0 spiro atoms.